The zero-order valence-electron chi connectivity index (χ0n) is 16.4. The minimum Gasteiger partial charge on any atom is -0.412 e. The average molecular weight is 425 g/mol. The summed E-state index contributed by atoms with van der Waals surface area (Å²) in [5.74, 6) is 0. The van der Waals surface area contributed by atoms with E-state index in [1.54, 1.807) is 31.6 Å². The van der Waals surface area contributed by atoms with Crippen molar-refractivity contribution >= 4 is 21.7 Å². The van der Waals surface area contributed by atoms with Gasteiger partial charge in [0.25, 0.3) is 0 Å². The number of rotatable bonds is 10. The summed E-state index contributed by atoms with van der Waals surface area (Å²) in [4.78, 5) is 9.81. The Morgan fingerprint density at radius 1 is 0.923 bits per heavy atom. The molecule has 162 valence electrons. The van der Waals surface area contributed by atoms with Gasteiger partial charge in [0, 0.05) is 26.2 Å². The molecule has 0 aliphatic rings. The summed E-state index contributed by atoms with van der Waals surface area (Å²) in [5.41, 5.74) is 0. The Balaban J connectivity index is -0.0000000896. The zero-order valence-corrected chi connectivity index (χ0v) is 18.2. The minimum atomic E-state index is -2.08. The molecule has 0 aromatic rings. The predicted molar refractivity (Wildman–Crippen MR) is 107 cm³/mol. The minimum absolute atomic E-state index is 0. The fraction of sp³-hybridized carbons (Fsp3) is 0.929. The highest BCUT2D eigenvalue weighted by Crippen LogP contribution is 2.36. The lowest BCUT2D eigenvalue weighted by Crippen LogP contribution is -2.30. The molecule has 10 nitrogen and oxygen atoms in total. The summed E-state index contributed by atoms with van der Waals surface area (Å²) in [6, 6.07) is 0. The molecule has 0 fully saturated rings. The molecule has 0 unspecified atom stereocenters. The maximum absolute atomic E-state index is 11.4. The molecule has 0 aliphatic heterocycles. The van der Waals surface area contributed by atoms with E-state index in [-0.39, 0.29) is 31.9 Å². The summed E-state index contributed by atoms with van der Waals surface area (Å²) < 4.78 is 21.0. The van der Waals surface area contributed by atoms with Crippen LogP contribution >= 0.6 is 14.9 Å². The van der Waals surface area contributed by atoms with Gasteiger partial charge in [0.2, 0.25) is 0 Å². The summed E-state index contributed by atoms with van der Waals surface area (Å²) in [6.45, 7) is 11.2. The van der Waals surface area contributed by atoms with E-state index >= 15 is 0 Å². The van der Waals surface area contributed by atoms with Crippen molar-refractivity contribution in [2.24, 2.45) is 0 Å². The first-order valence-electron chi connectivity index (χ1n) is 7.68. The lowest BCUT2D eigenvalue weighted by atomic mass is 10.5. The Hall–Kier alpha value is -0.280. The van der Waals surface area contributed by atoms with Crippen molar-refractivity contribution in [1.82, 2.24) is 10.2 Å². The Labute approximate surface area is 158 Å². The molecule has 7 N–H and O–H groups in total. The van der Waals surface area contributed by atoms with Gasteiger partial charge in [-0.05, 0) is 13.3 Å². The molecule has 0 amide bonds. The average Bonchev–Trinajstić information content (AvgIpc) is 2.49. The van der Waals surface area contributed by atoms with Gasteiger partial charge in [0.15, 0.2) is 0 Å². The highest BCUT2D eigenvalue weighted by atomic mass is 31.2. The topological polar surface area (TPSA) is 179 Å². The molecule has 0 heterocycles. The first kappa shape index (κ1) is 36.6. The second-order valence-corrected chi connectivity index (χ2v) is 10.3. The molecule has 0 rings (SSSR count). The third-order valence-corrected chi connectivity index (χ3v) is 3.03. The van der Waals surface area contributed by atoms with Gasteiger partial charge in [-0.15, -0.1) is 0 Å². The van der Waals surface area contributed by atoms with Crippen LogP contribution in [-0.2, 0) is 13.9 Å². The molecular formula is C14H39N2O8P2+. The molecule has 0 aromatic heterocycles. The van der Waals surface area contributed by atoms with Crippen LogP contribution in [0.2, 0.25) is 0 Å². The molecule has 0 aliphatic carbocycles. The molecular weight excluding hydrogens is 386 g/mol. The standard InChI is InChI=1S/C7H18NO3P.C4H11NO2.C2H6OP.CH2O.H2O/c1-12(2,11)7-8(3-5-9)4-6-10;6-3-1-5-2-4-7;1-4(2)3;1-2;/h9-10H,3-7H2,1-2H3;5-7H,1-4H2;1-2H3;1H2;1H2/q;;+1;;. The normalized spacial score (nSPS) is 9.42. The Bertz CT molecular complexity index is 305. The third kappa shape index (κ3) is 56.5. The molecule has 0 bridgehead atoms. The monoisotopic (exact) mass is 425 g/mol. The molecule has 0 saturated carbocycles. The molecule has 0 aromatic carbocycles. The Morgan fingerprint density at radius 2 is 1.23 bits per heavy atom. The van der Waals surface area contributed by atoms with Gasteiger partial charge in [0.1, 0.15) is 20.1 Å². The van der Waals surface area contributed by atoms with Gasteiger partial charge in [-0.25, -0.2) is 0 Å². The van der Waals surface area contributed by atoms with Gasteiger partial charge in [-0.2, -0.15) is 0 Å². The predicted octanol–water partition coefficient (Wildman–Crippen LogP) is -1.52. The van der Waals surface area contributed by atoms with Crippen molar-refractivity contribution < 1.29 is 39.8 Å². The summed E-state index contributed by atoms with van der Waals surface area (Å²) in [5, 5.41) is 36.4. The highest BCUT2D eigenvalue weighted by molar-refractivity contribution is 7.62. The maximum Gasteiger partial charge on any atom is 0.332 e. The number of hydrogen-bond acceptors (Lipinski definition) is 9. The quantitative estimate of drug-likeness (QED) is 0.205. The van der Waals surface area contributed by atoms with Crippen molar-refractivity contribution in [2.75, 3.05) is 85.6 Å². The van der Waals surface area contributed by atoms with Crippen LogP contribution in [0.3, 0.4) is 0 Å². The van der Waals surface area contributed by atoms with Crippen molar-refractivity contribution in [3.8, 4) is 0 Å². The zero-order chi connectivity index (χ0) is 20.7. The maximum atomic E-state index is 11.4. The Kier molecular flexibility index (Phi) is 41.5. The van der Waals surface area contributed by atoms with Crippen molar-refractivity contribution in [1.29, 1.82) is 0 Å². The van der Waals surface area contributed by atoms with Crippen LogP contribution in [0.25, 0.3) is 0 Å². The lowest BCUT2D eigenvalue weighted by molar-refractivity contribution is -0.0980. The molecule has 0 radical (unpaired) electrons. The van der Waals surface area contributed by atoms with Crippen molar-refractivity contribution in [2.45, 2.75) is 0 Å². The fourth-order valence-corrected chi connectivity index (χ4v) is 2.55. The molecule has 0 atom stereocenters. The fourth-order valence-electron chi connectivity index (χ4n) is 1.30. The number of carbonyl (C=O) groups excluding carboxylic acids is 1. The van der Waals surface area contributed by atoms with Crippen LogP contribution < -0.4 is 5.32 Å². The van der Waals surface area contributed by atoms with Gasteiger partial charge in [-0.1, -0.05) is 4.57 Å². The number of aliphatic hydroxyl groups is 4. The van der Waals surface area contributed by atoms with E-state index in [4.69, 9.17) is 25.2 Å². The number of hydrogen-bond donors (Lipinski definition) is 5. The Morgan fingerprint density at radius 3 is 1.42 bits per heavy atom. The number of aliphatic hydroxyl groups excluding tert-OH is 4. The smallest absolute Gasteiger partial charge is 0.332 e. The first-order valence-corrected chi connectivity index (χ1v) is 12.6. The van der Waals surface area contributed by atoms with Crippen LogP contribution in [0.4, 0.5) is 0 Å². The SMILES string of the molecule is C=O.CP(C)(=O)CN(CCO)CCO.C[P+](C)=O.O.OCCNCCO. The van der Waals surface area contributed by atoms with Crippen LogP contribution in [0, 0.1) is 0 Å². The summed E-state index contributed by atoms with van der Waals surface area (Å²) in [7, 11) is -2.95. The van der Waals surface area contributed by atoms with E-state index in [0.717, 1.165) is 0 Å². The van der Waals surface area contributed by atoms with Crippen LogP contribution in [0.5, 0.6) is 0 Å². The third-order valence-electron chi connectivity index (χ3n) is 1.95. The van der Waals surface area contributed by atoms with E-state index in [9.17, 15) is 9.13 Å². The van der Waals surface area contributed by atoms with Crippen molar-refractivity contribution in [3.05, 3.63) is 0 Å². The van der Waals surface area contributed by atoms with E-state index < -0.39 is 14.9 Å². The molecule has 0 saturated heterocycles. The summed E-state index contributed by atoms with van der Waals surface area (Å²) >= 11 is 0. The van der Waals surface area contributed by atoms with Gasteiger partial charge in [-0.3, -0.25) is 4.90 Å². The van der Waals surface area contributed by atoms with Gasteiger partial charge in [0.05, 0.1) is 39.9 Å². The van der Waals surface area contributed by atoms with Gasteiger partial charge < -0.3 is 40.6 Å². The van der Waals surface area contributed by atoms with Crippen LogP contribution in [-0.4, -0.2) is 123 Å². The van der Waals surface area contributed by atoms with Crippen LogP contribution in [0.1, 0.15) is 0 Å². The number of carbonyl (C=O) groups is 1. The molecule has 0 spiro atoms. The van der Waals surface area contributed by atoms with Crippen LogP contribution in [0.15, 0.2) is 0 Å². The number of nitrogens with one attached hydrogen (secondary N) is 1. The second-order valence-electron chi connectivity index (χ2n) is 5.29. The first-order chi connectivity index (χ1) is 11.6. The van der Waals surface area contributed by atoms with E-state index in [2.05, 4.69) is 5.32 Å². The van der Waals surface area contributed by atoms with E-state index in [1.165, 1.54) is 0 Å². The molecule has 26 heavy (non-hydrogen) atoms. The highest BCUT2D eigenvalue weighted by Gasteiger charge is 2.13. The van der Waals surface area contributed by atoms with E-state index in [0.29, 0.717) is 32.5 Å². The summed E-state index contributed by atoms with van der Waals surface area (Å²) in [6.07, 6.45) is 0.466. The lowest BCUT2D eigenvalue weighted by Gasteiger charge is -2.22. The second kappa shape index (κ2) is 29.5. The molecule has 12 heteroatoms. The van der Waals surface area contributed by atoms with Gasteiger partial charge >= 0.3 is 7.80 Å². The van der Waals surface area contributed by atoms with E-state index in [1.807, 2.05) is 6.79 Å². The number of nitrogens with zero attached hydrogens (tertiary/aromatic N) is 1. The largest absolute Gasteiger partial charge is 0.412 e. The van der Waals surface area contributed by atoms with Crippen molar-refractivity contribution in [3.63, 3.8) is 0 Å².